The average molecular weight is 320 g/mol. The van der Waals surface area contributed by atoms with Crippen molar-refractivity contribution in [1.29, 1.82) is 0 Å². The highest BCUT2D eigenvalue weighted by molar-refractivity contribution is 8.02. The van der Waals surface area contributed by atoms with Crippen LogP contribution in [0.15, 0.2) is 28.6 Å². The zero-order valence-electron chi connectivity index (χ0n) is 11.8. The lowest BCUT2D eigenvalue weighted by atomic mass is 10.1. The van der Waals surface area contributed by atoms with Crippen LogP contribution in [0.5, 0.6) is 0 Å². The Morgan fingerprint density at radius 1 is 1.48 bits per heavy atom. The summed E-state index contributed by atoms with van der Waals surface area (Å²) in [7, 11) is 0. The number of thioether (sulfide) groups is 1. The SMILES string of the molecule is C[C@H](Sc1nnc(N)s1)C(=O)N1c2ccccc2C[C@@H]1C. The van der Waals surface area contributed by atoms with Crippen molar-refractivity contribution < 1.29 is 4.79 Å². The van der Waals surface area contributed by atoms with E-state index in [1.807, 2.05) is 30.0 Å². The summed E-state index contributed by atoms with van der Waals surface area (Å²) in [6.07, 6.45) is 0.908. The van der Waals surface area contributed by atoms with Gasteiger partial charge in [-0.1, -0.05) is 41.3 Å². The molecule has 2 N–H and O–H groups in total. The number of rotatable bonds is 3. The van der Waals surface area contributed by atoms with E-state index >= 15 is 0 Å². The first-order chi connectivity index (χ1) is 10.1. The Morgan fingerprint density at radius 2 is 2.24 bits per heavy atom. The maximum atomic E-state index is 12.8. The fourth-order valence-electron chi connectivity index (χ4n) is 2.57. The maximum absolute atomic E-state index is 12.8. The third kappa shape index (κ3) is 2.75. The summed E-state index contributed by atoms with van der Waals surface area (Å²) in [5, 5.41) is 7.95. The van der Waals surface area contributed by atoms with E-state index in [4.69, 9.17) is 5.73 Å². The Balaban J connectivity index is 1.78. The second-order valence-corrected chi connectivity index (χ2v) is 7.65. The van der Waals surface area contributed by atoms with E-state index in [1.165, 1.54) is 28.7 Å². The summed E-state index contributed by atoms with van der Waals surface area (Å²) in [4.78, 5) is 14.7. The molecule has 1 aromatic heterocycles. The van der Waals surface area contributed by atoms with Crippen LogP contribution in [0, 0.1) is 0 Å². The number of carbonyl (C=O) groups excluding carboxylic acids is 1. The molecule has 21 heavy (non-hydrogen) atoms. The minimum Gasteiger partial charge on any atom is -0.374 e. The van der Waals surface area contributed by atoms with Gasteiger partial charge < -0.3 is 10.6 Å². The molecule has 1 aliphatic rings. The zero-order chi connectivity index (χ0) is 15.0. The molecule has 0 fully saturated rings. The number of anilines is 2. The number of hydrogen-bond donors (Lipinski definition) is 1. The zero-order valence-corrected chi connectivity index (χ0v) is 13.4. The van der Waals surface area contributed by atoms with Gasteiger partial charge in [0.1, 0.15) is 0 Å². The Hall–Kier alpha value is -1.60. The molecule has 0 spiro atoms. The predicted octanol–water partition coefficient (Wildman–Crippen LogP) is 2.58. The minimum atomic E-state index is -0.217. The summed E-state index contributed by atoms with van der Waals surface area (Å²) in [5.74, 6) is 0.103. The Bertz CT molecular complexity index is 672. The highest BCUT2D eigenvalue weighted by atomic mass is 32.2. The van der Waals surface area contributed by atoms with Gasteiger partial charge in [0.15, 0.2) is 4.34 Å². The van der Waals surface area contributed by atoms with Crippen LogP contribution in [0.4, 0.5) is 10.8 Å². The average Bonchev–Trinajstić information content (AvgIpc) is 3.00. The van der Waals surface area contributed by atoms with Gasteiger partial charge in [0.2, 0.25) is 11.0 Å². The minimum absolute atomic E-state index is 0.103. The third-order valence-corrected chi connectivity index (χ3v) is 5.42. The molecule has 0 bridgehead atoms. The third-order valence-electron chi connectivity index (χ3n) is 3.49. The van der Waals surface area contributed by atoms with Crippen molar-refractivity contribution in [1.82, 2.24) is 10.2 Å². The maximum Gasteiger partial charge on any atom is 0.240 e. The molecule has 2 atom stereocenters. The van der Waals surface area contributed by atoms with Crippen LogP contribution in [-0.2, 0) is 11.2 Å². The van der Waals surface area contributed by atoms with Crippen LogP contribution in [-0.4, -0.2) is 27.4 Å². The monoisotopic (exact) mass is 320 g/mol. The van der Waals surface area contributed by atoms with Crippen molar-refractivity contribution in [3.8, 4) is 0 Å². The summed E-state index contributed by atoms with van der Waals surface area (Å²) >= 11 is 2.72. The molecule has 1 aliphatic heterocycles. The van der Waals surface area contributed by atoms with Gasteiger partial charge in [-0.3, -0.25) is 4.79 Å². The fourth-order valence-corrected chi connectivity index (χ4v) is 4.40. The number of nitrogens with zero attached hydrogens (tertiary/aromatic N) is 3. The first-order valence-electron chi connectivity index (χ1n) is 6.73. The first kappa shape index (κ1) is 14.3. The van der Waals surface area contributed by atoms with Gasteiger partial charge in [0.05, 0.1) is 5.25 Å². The molecule has 1 aromatic carbocycles. The molecular weight excluding hydrogens is 304 g/mol. The Labute approximate surface area is 131 Å². The van der Waals surface area contributed by atoms with Crippen molar-refractivity contribution in [3.63, 3.8) is 0 Å². The van der Waals surface area contributed by atoms with Gasteiger partial charge in [0.25, 0.3) is 0 Å². The van der Waals surface area contributed by atoms with Gasteiger partial charge >= 0.3 is 0 Å². The van der Waals surface area contributed by atoms with E-state index in [9.17, 15) is 4.79 Å². The Kier molecular flexibility index (Phi) is 3.86. The molecular formula is C14H16N4OS2. The second-order valence-electron chi connectivity index (χ2n) is 5.06. The van der Waals surface area contributed by atoms with Gasteiger partial charge in [-0.05, 0) is 31.9 Å². The highest BCUT2D eigenvalue weighted by Crippen LogP contribution is 2.35. The lowest BCUT2D eigenvalue weighted by Gasteiger charge is -2.25. The summed E-state index contributed by atoms with van der Waals surface area (Å²) < 4.78 is 0.730. The molecule has 7 heteroatoms. The molecule has 2 heterocycles. The van der Waals surface area contributed by atoms with Crippen LogP contribution < -0.4 is 10.6 Å². The number of benzene rings is 1. The molecule has 2 aromatic rings. The van der Waals surface area contributed by atoms with E-state index in [0.29, 0.717) is 5.13 Å². The molecule has 5 nitrogen and oxygen atoms in total. The van der Waals surface area contributed by atoms with Crippen molar-refractivity contribution in [2.24, 2.45) is 0 Å². The van der Waals surface area contributed by atoms with E-state index in [2.05, 4.69) is 23.2 Å². The van der Waals surface area contributed by atoms with Crippen LogP contribution in [0.2, 0.25) is 0 Å². The van der Waals surface area contributed by atoms with Gasteiger partial charge in [0, 0.05) is 11.7 Å². The highest BCUT2D eigenvalue weighted by Gasteiger charge is 2.33. The normalized spacial score (nSPS) is 18.6. The standard InChI is InChI=1S/C14H16N4OS2/c1-8-7-10-5-3-4-6-11(10)18(8)12(19)9(2)20-14-17-16-13(15)21-14/h3-6,8-9H,7H2,1-2H3,(H2,15,16)/t8-,9-/m0/s1. The number of carbonyl (C=O) groups is 1. The predicted molar refractivity (Wildman–Crippen MR) is 86.7 cm³/mol. The van der Waals surface area contributed by atoms with E-state index in [0.717, 1.165) is 16.4 Å². The van der Waals surface area contributed by atoms with Gasteiger partial charge in [-0.2, -0.15) is 0 Å². The molecule has 0 aliphatic carbocycles. The Morgan fingerprint density at radius 3 is 2.95 bits per heavy atom. The van der Waals surface area contributed by atoms with Gasteiger partial charge in [-0.15, -0.1) is 10.2 Å². The summed E-state index contributed by atoms with van der Waals surface area (Å²) in [6, 6.07) is 8.28. The van der Waals surface area contributed by atoms with Crippen LogP contribution in [0.1, 0.15) is 19.4 Å². The molecule has 0 unspecified atom stereocenters. The smallest absolute Gasteiger partial charge is 0.240 e. The molecule has 0 saturated carbocycles. The largest absolute Gasteiger partial charge is 0.374 e. The van der Waals surface area contributed by atoms with Crippen LogP contribution in [0.3, 0.4) is 0 Å². The quantitative estimate of drug-likeness (QED) is 0.880. The number of nitrogens with two attached hydrogens (primary N) is 1. The summed E-state index contributed by atoms with van der Waals surface area (Å²) in [5.41, 5.74) is 7.83. The van der Waals surface area contributed by atoms with Crippen LogP contribution in [0.25, 0.3) is 0 Å². The van der Waals surface area contributed by atoms with Crippen LogP contribution >= 0.6 is 23.1 Å². The molecule has 0 radical (unpaired) electrons. The number of hydrogen-bond acceptors (Lipinski definition) is 6. The molecule has 3 rings (SSSR count). The molecule has 110 valence electrons. The number of fused-ring (bicyclic) bond motifs is 1. The summed E-state index contributed by atoms with van der Waals surface area (Å²) in [6.45, 7) is 3.98. The second kappa shape index (κ2) is 5.65. The van der Waals surface area contributed by atoms with Crippen molar-refractivity contribution in [3.05, 3.63) is 29.8 Å². The van der Waals surface area contributed by atoms with E-state index in [1.54, 1.807) is 0 Å². The lowest BCUT2D eigenvalue weighted by molar-refractivity contribution is -0.118. The number of amides is 1. The lowest BCUT2D eigenvalue weighted by Crippen LogP contribution is -2.40. The van der Waals surface area contributed by atoms with Gasteiger partial charge in [-0.25, -0.2) is 0 Å². The topological polar surface area (TPSA) is 72.1 Å². The first-order valence-corrected chi connectivity index (χ1v) is 8.42. The van der Waals surface area contributed by atoms with Crippen molar-refractivity contribution >= 4 is 39.8 Å². The number of nitrogen functional groups attached to an aromatic ring is 1. The number of para-hydroxylation sites is 1. The van der Waals surface area contributed by atoms with Crippen molar-refractivity contribution in [2.45, 2.75) is 35.9 Å². The van der Waals surface area contributed by atoms with E-state index in [-0.39, 0.29) is 17.2 Å². The van der Waals surface area contributed by atoms with E-state index < -0.39 is 0 Å². The molecule has 1 amide bonds. The molecule has 0 saturated heterocycles. The number of aromatic nitrogens is 2. The van der Waals surface area contributed by atoms with Crippen molar-refractivity contribution in [2.75, 3.05) is 10.6 Å². The fraction of sp³-hybridized carbons (Fsp3) is 0.357.